The van der Waals surface area contributed by atoms with Gasteiger partial charge in [0, 0.05) is 0 Å². The van der Waals surface area contributed by atoms with Gasteiger partial charge in [-0.15, -0.1) is 0 Å². The minimum Gasteiger partial charge on any atom is -0.508 e. The molecule has 90 valence electrons. The summed E-state index contributed by atoms with van der Waals surface area (Å²) in [5, 5.41) is 18.3. The Kier molecular flexibility index (Phi) is 3.73. The van der Waals surface area contributed by atoms with Crippen LogP contribution in [0.2, 0.25) is 0 Å². The summed E-state index contributed by atoms with van der Waals surface area (Å²) in [6, 6.07) is 0. The molecule has 0 bridgehead atoms. The van der Waals surface area contributed by atoms with Gasteiger partial charge in [-0.25, -0.2) is 4.39 Å². The Labute approximate surface area is 94.3 Å². The molecule has 0 aromatic heterocycles. The van der Waals surface area contributed by atoms with Crippen LogP contribution in [-0.2, 0) is 4.79 Å². The molecule has 0 aliphatic heterocycles. The second kappa shape index (κ2) is 4.68. The van der Waals surface area contributed by atoms with Crippen molar-refractivity contribution < 1.29 is 19.4 Å². The molecule has 0 saturated carbocycles. The second-order valence-corrected chi connectivity index (χ2v) is 4.26. The van der Waals surface area contributed by atoms with E-state index < -0.39 is 23.5 Å². The smallest absolute Gasteiger partial charge is 0.314 e. The number of aliphatic carboxylic acids is 1. The Morgan fingerprint density at radius 2 is 2.31 bits per heavy atom. The molecule has 3 nitrogen and oxygen atoms in total. The average Bonchev–Trinajstić information content (AvgIpc) is 2.17. The van der Waals surface area contributed by atoms with Crippen molar-refractivity contribution >= 4 is 5.97 Å². The molecule has 0 radical (unpaired) electrons. The molecule has 2 N–H and O–H groups in total. The largest absolute Gasteiger partial charge is 0.508 e. The molecule has 1 rings (SSSR count). The normalized spacial score (nSPS) is 30.9. The van der Waals surface area contributed by atoms with E-state index in [0.717, 1.165) is 12.5 Å². The van der Waals surface area contributed by atoms with Crippen LogP contribution < -0.4 is 0 Å². The van der Waals surface area contributed by atoms with E-state index in [1.807, 2.05) is 6.92 Å². The zero-order valence-electron chi connectivity index (χ0n) is 9.48. The van der Waals surface area contributed by atoms with Crippen molar-refractivity contribution in [2.45, 2.75) is 32.4 Å². The van der Waals surface area contributed by atoms with Gasteiger partial charge in [-0.05, 0) is 24.5 Å². The Morgan fingerprint density at radius 1 is 1.69 bits per heavy atom. The van der Waals surface area contributed by atoms with E-state index in [2.05, 4.69) is 0 Å². The lowest BCUT2D eigenvalue weighted by Gasteiger charge is -2.34. The molecule has 0 heterocycles. The van der Waals surface area contributed by atoms with Gasteiger partial charge in [0.2, 0.25) is 0 Å². The number of aliphatic hydroxyl groups is 1. The van der Waals surface area contributed by atoms with Gasteiger partial charge in [-0.3, -0.25) is 4.79 Å². The van der Waals surface area contributed by atoms with Crippen LogP contribution >= 0.6 is 0 Å². The SMILES string of the molecule is CCCC(C)C1(F)C=C(O)C=CC1C(=O)O. The van der Waals surface area contributed by atoms with Gasteiger partial charge in [-0.1, -0.05) is 26.3 Å². The number of rotatable bonds is 4. The summed E-state index contributed by atoms with van der Waals surface area (Å²) in [5.41, 5.74) is -2.00. The summed E-state index contributed by atoms with van der Waals surface area (Å²) in [6.45, 7) is 3.58. The van der Waals surface area contributed by atoms with Crippen molar-refractivity contribution in [1.82, 2.24) is 0 Å². The van der Waals surface area contributed by atoms with E-state index in [9.17, 15) is 14.3 Å². The lowest BCUT2D eigenvalue weighted by atomic mass is 9.75. The summed E-state index contributed by atoms with van der Waals surface area (Å²) < 4.78 is 14.7. The third-order valence-electron chi connectivity index (χ3n) is 3.05. The number of carbonyl (C=O) groups is 1. The fourth-order valence-electron chi connectivity index (χ4n) is 2.08. The van der Waals surface area contributed by atoms with Crippen LogP contribution in [0.3, 0.4) is 0 Å². The summed E-state index contributed by atoms with van der Waals surface area (Å²) in [7, 11) is 0. The monoisotopic (exact) mass is 228 g/mol. The first-order chi connectivity index (χ1) is 7.41. The second-order valence-electron chi connectivity index (χ2n) is 4.26. The van der Waals surface area contributed by atoms with Crippen LogP contribution in [0.15, 0.2) is 24.0 Å². The van der Waals surface area contributed by atoms with E-state index in [1.54, 1.807) is 6.92 Å². The number of carboxylic acid groups (broad SMARTS) is 1. The number of allylic oxidation sites excluding steroid dienone is 2. The molecule has 0 amide bonds. The van der Waals surface area contributed by atoms with Crippen LogP contribution in [0.25, 0.3) is 0 Å². The third kappa shape index (κ3) is 2.26. The van der Waals surface area contributed by atoms with Crippen molar-refractivity contribution in [2.24, 2.45) is 11.8 Å². The predicted octanol–water partition coefficient (Wildman–Crippen LogP) is 2.84. The first kappa shape index (κ1) is 12.7. The van der Waals surface area contributed by atoms with E-state index in [0.29, 0.717) is 6.42 Å². The van der Waals surface area contributed by atoms with Gasteiger partial charge >= 0.3 is 5.97 Å². The highest BCUT2D eigenvalue weighted by molar-refractivity contribution is 5.75. The maximum absolute atomic E-state index is 14.7. The van der Waals surface area contributed by atoms with E-state index >= 15 is 0 Å². The highest BCUT2D eigenvalue weighted by atomic mass is 19.1. The van der Waals surface area contributed by atoms with Crippen molar-refractivity contribution in [1.29, 1.82) is 0 Å². The molecule has 4 heteroatoms. The van der Waals surface area contributed by atoms with Crippen molar-refractivity contribution in [2.75, 3.05) is 0 Å². The van der Waals surface area contributed by atoms with Crippen molar-refractivity contribution in [3.05, 3.63) is 24.0 Å². The van der Waals surface area contributed by atoms with Crippen LogP contribution in [0.1, 0.15) is 26.7 Å². The van der Waals surface area contributed by atoms with Crippen molar-refractivity contribution in [3.8, 4) is 0 Å². The molecule has 16 heavy (non-hydrogen) atoms. The molecular formula is C12H17FO3. The van der Waals surface area contributed by atoms with E-state index in [1.165, 1.54) is 12.2 Å². The number of halogens is 1. The zero-order chi connectivity index (χ0) is 12.3. The van der Waals surface area contributed by atoms with Gasteiger partial charge < -0.3 is 10.2 Å². The predicted molar refractivity (Wildman–Crippen MR) is 58.9 cm³/mol. The minimum absolute atomic E-state index is 0.206. The molecule has 0 aromatic carbocycles. The summed E-state index contributed by atoms with van der Waals surface area (Å²) >= 11 is 0. The summed E-state index contributed by atoms with van der Waals surface area (Å²) in [4.78, 5) is 11.0. The van der Waals surface area contributed by atoms with Crippen LogP contribution in [0, 0.1) is 11.8 Å². The number of aliphatic hydroxyl groups excluding tert-OH is 1. The third-order valence-corrected chi connectivity index (χ3v) is 3.05. The fraction of sp³-hybridized carbons (Fsp3) is 0.583. The van der Waals surface area contributed by atoms with Gasteiger partial charge in [0.1, 0.15) is 11.7 Å². The number of carboxylic acids is 1. The van der Waals surface area contributed by atoms with Crippen molar-refractivity contribution in [3.63, 3.8) is 0 Å². The minimum atomic E-state index is -2.00. The number of hydrogen-bond acceptors (Lipinski definition) is 2. The molecule has 1 aliphatic carbocycles. The lowest BCUT2D eigenvalue weighted by molar-refractivity contribution is -0.145. The fourth-order valence-corrected chi connectivity index (χ4v) is 2.08. The zero-order valence-corrected chi connectivity index (χ0v) is 9.48. The van der Waals surface area contributed by atoms with Crippen LogP contribution in [-0.4, -0.2) is 21.9 Å². The summed E-state index contributed by atoms with van der Waals surface area (Å²) in [6.07, 6.45) is 4.82. The highest BCUT2D eigenvalue weighted by Gasteiger charge is 2.46. The Morgan fingerprint density at radius 3 is 2.81 bits per heavy atom. The molecular weight excluding hydrogens is 211 g/mol. The first-order valence-corrected chi connectivity index (χ1v) is 5.43. The van der Waals surface area contributed by atoms with Crippen LogP contribution in [0.5, 0.6) is 0 Å². The molecule has 1 aliphatic rings. The quantitative estimate of drug-likeness (QED) is 0.777. The summed E-state index contributed by atoms with van der Waals surface area (Å²) in [5.74, 6) is -3.07. The highest BCUT2D eigenvalue weighted by Crippen LogP contribution is 2.39. The molecule has 0 saturated heterocycles. The molecule has 0 spiro atoms. The van der Waals surface area contributed by atoms with E-state index in [-0.39, 0.29) is 5.76 Å². The molecule has 0 aromatic rings. The molecule has 3 atom stereocenters. The number of hydrogen-bond donors (Lipinski definition) is 2. The Hall–Kier alpha value is -1.32. The lowest BCUT2D eigenvalue weighted by Crippen LogP contribution is -2.42. The van der Waals surface area contributed by atoms with Gasteiger partial charge in [-0.2, -0.15) is 0 Å². The average molecular weight is 228 g/mol. The maximum Gasteiger partial charge on any atom is 0.314 e. The Bertz CT molecular complexity index is 335. The standard InChI is InChI=1S/C12H17FO3/c1-3-4-8(2)12(13)7-9(14)5-6-10(12)11(15)16/h5-8,10,14H,3-4H2,1-2H3,(H,15,16). The molecule has 3 unspecified atom stereocenters. The molecule has 0 fully saturated rings. The van der Waals surface area contributed by atoms with Gasteiger partial charge in [0.25, 0.3) is 0 Å². The maximum atomic E-state index is 14.7. The first-order valence-electron chi connectivity index (χ1n) is 5.43. The Balaban J connectivity index is 3.04. The van der Waals surface area contributed by atoms with Crippen LogP contribution in [0.4, 0.5) is 4.39 Å². The topological polar surface area (TPSA) is 57.5 Å². The van der Waals surface area contributed by atoms with Gasteiger partial charge in [0.05, 0.1) is 0 Å². The number of alkyl halides is 1. The van der Waals surface area contributed by atoms with E-state index in [4.69, 9.17) is 5.11 Å². The van der Waals surface area contributed by atoms with Gasteiger partial charge in [0.15, 0.2) is 5.67 Å².